The first kappa shape index (κ1) is 21.9. The summed E-state index contributed by atoms with van der Waals surface area (Å²) >= 11 is 0. The van der Waals surface area contributed by atoms with E-state index in [0.717, 1.165) is 24.4 Å². The molecule has 0 aromatic heterocycles. The van der Waals surface area contributed by atoms with Gasteiger partial charge < -0.3 is 10.1 Å². The molecule has 4 nitrogen and oxygen atoms in total. The Kier molecular flexibility index (Phi) is 6.56. The number of fused-ring (bicyclic) bond motifs is 3. The standard InChI is InChI=1S/C29H32N2O2/c1-33-29(32)24-13-11-22(12-14-24)26-10-6-5-9-25(26)19-27-28(23-15-17-31(27)18-16-23)30-20-21-7-3-2-4-8-21/h2-14,23,27-28,30H,15-20H2,1H3. The van der Waals surface area contributed by atoms with Crippen LogP contribution in [0.4, 0.5) is 0 Å². The van der Waals surface area contributed by atoms with Crippen LogP contribution in [0.2, 0.25) is 0 Å². The van der Waals surface area contributed by atoms with Crippen LogP contribution in [0.25, 0.3) is 11.1 Å². The van der Waals surface area contributed by atoms with Gasteiger partial charge in [0.25, 0.3) is 0 Å². The van der Waals surface area contributed by atoms with E-state index < -0.39 is 0 Å². The summed E-state index contributed by atoms with van der Waals surface area (Å²) in [5.41, 5.74) is 5.69. The van der Waals surface area contributed by atoms with Crippen molar-refractivity contribution >= 4 is 5.97 Å². The number of nitrogens with one attached hydrogen (secondary N) is 1. The summed E-state index contributed by atoms with van der Waals surface area (Å²) in [5, 5.41) is 3.93. The van der Waals surface area contributed by atoms with Crippen molar-refractivity contribution in [3.63, 3.8) is 0 Å². The number of ether oxygens (including phenoxy) is 1. The summed E-state index contributed by atoms with van der Waals surface area (Å²) in [5.74, 6) is 0.448. The van der Waals surface area contributed by atoms with Gasteiger partial charge in [-0.05, 0) is 72.7 Å². The first-order chi connectivity index (χ1) is 16.2. The summed E-state index contributed by atoms with van der Waals surface area (Å²) in [6.07, 6.45) is 3.61. The van der Waals surface area contributed by atoms with Crippen LogP contribution in [0.15, 0.2) is 78.9 Å². The van der Waals surface area contributed by atoms with E-state index in [1.807, 2.05) is 24.3 Å². The van der Waals surface area contributed by atoms with Gasteiger partial charge in [0, 0.05) is 18.6 Å². The molecule has 2 unspecified atom stereocenters. The molecule has 170 valence electrons. The first-order valence-corrected chi connectivity index (χ1v) is 12.0. The SMILES string of the molecule is COC(=O)c1ccc(-c2ccccc2CC2C(NCc3ccccc3)C3CCN2CC3)cc1. The molecular weight excluding hydrogens is 408 g/mol. The highest BCUT2D eigenvalue weighted by atomic mass is 16.5. The number of rotatable bonds is 7. The Morgan fingerprint density at radius 2 is 1.64 bits per heavy atom. The second-order valence-corrected chi connectivity index (χ2v) is 9.26. The number of hydrogen-bond acceptors (Lipinski definition) is 4. The van der Waals surface area contributed by atoms with Crippen molar-refractivity contribution in [1.82, 2.24) is 10.2 Å². The highest BCUT2D eigenvalue weighted by molar-refractivity contribution is 5.90. The molecule has 6 rings (SSSR count). The van der Waals surface area contributed by atoms with Crippen LogP contribution in [0, 0.1) is 5.92 Å². The molecule has 0 amide bonds. The molecule has 3 aromatic carbocycles. The van der Waals surface area contributed by atoms with Crippen LogP contribution in [-0.2, 0) is 17.7 Å². The number of carbonyl (C=O) groups is 1. The van der Waals surface area contributed by atoms with Gasteiger partial charge in [-0.1, -0.05) is 66.7 Å². The van der Waals surface area contributed by atoms with Gasteiger partial charge in [-0.3, -0.25) is 4.90 Å². The van der Waals surface area contributed by atoms with Gasteiger partial charge >= 0.3 is 5.97 Å². The quantitative estimate of drug-likeness (QED) is 0.529. The maximum atomic E-state index is 11.8. The molecule has 3 aromatic rings. The Hall–Kier alpha value is -2.95. The average molecular weight is 441 g/mol. The van der Waals surface area contributed by atoms with Crippen LogP contribution in [-0.4, -0.2) is 43.2 Å². The number of methoxy groups -OCH3 is 1. The van der Waals surface area contributed by atoms with E-state index >= 15 is 0 Å². The van der Waals surface area contributed by atoms with Crippen LogP contribution >= 0.6 is 0 Å². The van der Waals surface area contributed by atoms with E-state index in [0.29, 0.717) is 17.6 Å². The maximum Gasteiger partial charge on any atom is 0.337 e. The van der Waals surface area contributed by atoms with Crippen molar-refractivity contribution in [2.24, 2.45) is 5.92 Å². The smallest absolute Gasteiger partial charge is 0.337 e. The monoisotopic (exact) mass is 440 g/mol. The molecule has 0 saturated carbocycles. The van der Waals surface area contributed by atoms with Crippen molar-refractivity contribution in [2.45, 2.75) is 37.9 Å². The van der Waals surface area contributed by atoms with Crippen LogP contribution in [0.1, 0.15) is 34.3 Å². The molecule has 1 N–H and O–H groups in total. The molecule has 3 aliphatic rings. The number of esters is 1. The molecular formula is C29H32N2O2. The first-order valence-electron chi connectivity index (χ1n) is 12.0. The van der Waals surface area contributed by atoms with Gasteiger partial charge in [0.05, 0.1) is 12.7 Å². The number of benzene rings is 3. The molecule has 3 fully saturated rings. The number of carbonyl (C=O) groups excluding carboxylic acids is 1. The fourth-order valence-corrected chi connectivity index (χ4v) is 5.65. The fraction of sp³-hybridized carbons (Fsp3) is 0.345. The highest BCUT2D eigenvalue weighted by Crippen LogP contribution is 2.36. The molecule has 4 heteroatoms. The lowest BCUT2D eigenvalue weighted by molar-refractivity contribution is 0.0127. The van der Waals surface area contributed by atoms with Crippen molar-refractivity contribution in [2.75, 3.05) is 20.2 Å². The van der Waals surface area contributed by atoms with Gasteiger partial charge in [0.2, 0.25) is 0 Å². The van der Waals surface area contributed by atoms with Crippen molar-refractivity contribution < 1.29 is 9.53 Å². The van der Waals surface area contributed by atoms with E-state index in [2.05, 4.69) is 64.8 Å². The Labute approximate surface area is 196 Å². The average Bonchev–Trinajstić information content (AvgIpc) is 2.89. The lowest BCUT2D eigenvalue weighted by atomic mass is 9.76. The Morgan fingerprint density at radius 1 is 0.939 bits per heavy atom. The number of hydrogen-bond donors (Lipinski definition) is 1. The largest absolute Gasteiger partial charge is 0.465 e. The van der Waals surface area contributed by atoms with Gasteiger partial charge in [-0.2, -0.15) is 0 Å². The molecule has 3 aliphatic heterocycles. The molecule has 3 saturated heterocycles. The Balaban J connectivity index is 1.38. The fourth-order valence-electron chi connectivity index (χ4n) is 5.65. The van der Waals surface area contributed by atoms with Gasteiger partial charge in [-0.15, -0.1) is 0 Å². The Bertz CT molecular complexity index is 1070. The number of nitrogens with zero attached hydrogens (tertiary/aromatic N) is 1. The topological polar surface area (TPSA) is 41.6 Å². The lowest BCUT2D eigenvalue weighted by Gasteiger charge is -2.51. The summed E-state index contributed by atoms with van der Waals surface area (Å²) < 4.78 is 4.85. The summed E-state index contributed by atoms with van der Waals surface area (Å²) in [6, 6.07) is 28.2. The van der Waals surface area contributed by atoms with Gasteiger partial charge in [0.1, 0.15) is 0 Å². The highest BCUT2D eigenvalue weighted by Gasteiger charge is 2.41. The lowest BCUT2D eigenvalue weighted by Crippen LogP contribution is -2.63. The van der Waals surface area contributed by atoms with E-state index in [-0.39, 0.29) is 5.97 Å². The molecule has 0 aliphatic carbocycles. The van der Waals surface area contributed by atoms with E-state index in [9.17, 15) is 4.79 Å². The van der Waals surface area contributed by atoms with E-state index in [4.69, 9.17) is 4.74 Å². The minimum Gasteiger partial charge on any atom is -0.465 e. The van der Waals surface area contributed by atoms with Crippen LogP contribution < -0.4 is 5.32 Å². The molecule has 33 heavy (non-hydrogen) atoms. The van der Waals surface area contributed by atoms with Crippen molar-refractivity contribution in [3.05, 3.63) is 95.6 Å². The van der Waals surface area contributed by atoms with Gasteiger partial charge in [-0.25, -0.2) is 4.79 Å². The van der Waals surface area contributed by atoms with Crippen LogP contribution in [0.5, 0.6) is 0 Å². The minimum absolute atomic E-state index is 0.298. The summed E-state index contributed by atoms with van der Waals surface area (Å²) in [4.78, 5) is 14.5. The van der Waals surface area contributed by atoms with Crippen LogP contribution in [0.3, 0.4) is 0 Å². The molecule has 2 atom stereocenters. The summed E-state index contributed by atoms with van der Waals surface area (Å²) in [7, 11) is 1.42. The second kappa shape index (κ2) is 9.90. The predicted octanol–water partition coefficient (Wildman–Crippen LogP) is 4.94. The number of piperidine rings is 3. The summed E-state index contributed by atoms with van der Waals surface area (Å²) in [6.45, 7) is 3.33. The zero-order valence-electron chi connectivity index (χ0n) is 19.2. The zero-order chi connectivity index (χ0) is 22.6. The molecule has 2 bridgehead atoms. The third kappa shape index (κ3) is 4.73. The predicted molar refractivity (Wildman–Crippen MR) is 132 cm³/mol. The minimum atomic E-state index is -0.298. The molecule has 0 radical (unpaired) electrons. The second-order valence-electron chi connectivity index (χ2n) is 9.26. The van der Waals surface area contributed by atoms with Gasteiger partial charge in [0.15, 0.2) is 0 Å². The van der Waals surface area contributed by atoms with E-state index in [1.54, 1.807) is 0 Å². The third-order valence-electron chi connectivity index (χ3n) is 7.41. The third-order valence-corrected chi connectivity index (χ3v) is 7.41. The molecule has 0 spiro atoms. The van der Waals surface area contributed by atoms with Crippen molar-refractivity contribution in [3.8, 4) is 11.1 Å². The van der Waals surface area contributed by atoms with E-state index in [1.165, 1.54) is 49.7 Å². The van der Waals surface area contributed by atoms with Crippen molar-refractivity contribution in [1.29, 1.82) is 0 Å². The molecule has 3 heterocycles. The zero-order valence-corrected chi connectivity index (χ0v) is 19.2. The maximum absolute atomic E-state index is 11.8. The normalized spacial score (nSPS) is 23.9. The Morgan fingerprint density at radius 3 is 2.36 bits per heavy atom.